The molecule has 0 unspecified atom stereocenters. The summed E-state index contributed by atoms with van der Waals surface area (Å²) in [5, 5.41) is 5.25. The summed E-state index contributed by atoms with van der Waals surface area (Å²) in [5.41, 5.74) is 0. The van der Waals surface area contributed by atoms with Gasteiger partial charge in [-0.2, -0.15) is 4.99 Å². The second kappa shape index (κ2) is 10.8. The van der Waals surface area contributed by atoms with Gasteiger partial charge in [0.25, 0.3) is 11.8 Å². The number of carbonyl (C=O) groups excluding carboxylic acids is 5. The maximum Gasteiger partial charge on any atom is 0.437 e. The van der Waals surface area contributed by atoms with Crippen LogP contribution in [0.2, 0.25) is 0 Å². The fourth-order valence-corrected chi connectivity index (χ4v) is 3.61. The molecule has 0 fully saturated rings. The molecule has 5 amide bonds. The third kappa shape index (κ3) is 5.41. The van der Waals surface area contributed by atoms with Crippen molar-refractivity contribution in [1.29, 1.82) is 0 Å². The molecule has 15 heteroatoms. The molecule has 30 heavy (non-hydrogen) atoms. The van der Waals surface area contributed by atoms with Crippen LogP contribution in [0.1, 0.15) is 20.8 Å². The Balaban J connectivity index is 2.52. The molecule has 0 aromatic carbocycles. The Morgan fingerprint density at radius 1 is 0.900 bits per heavy atom. The summed E-state index contributed by atoms with van der Waals surface area (Å²) < 4.78 is 14.8. The van der Waals surface area contributed by atoms with Crippen LogP contribution >= 0.6 is 23.5 Å². The van der Waals surface area contributed by atoms with Crippen LogP contribution in [0.3, 0.4) is 0 Å². The number of hydrogen-bond donors (Lipinski definition) is 0. The van der Waals surface area contributed by atoms with E-state index >= 15 is 0 Å². The number of hydrogen-bond acceptors (Lipinski definition) is 11. The van der Waals surface area contributed by atoms with Gasteiger partial charge in [-0.3, -0.25) is 9.59 Å². The van der Waals surface area contributed by atoms with Crippen molar-refractivity contribution in [2.45, 2.75) is 20.8 Å². The standard InChI is InChI=1S/C15H19N5O8S2/c1-4-26-13(23)18-10(22)8-30-12(17-18)20(15(25)28-6-3)19(14(24)27-5-2)11-16-9(21)7-29-11/h4-8H2,1-3H3. The van der Waals surface area contributed by atoms with E-state index in [1.165, 1.54) is 0 Å². The van der Waals surface area contributed by atoms with E-state index in [0.29, 0.717) is 15.0 Å². The van der Waals surface area contributed by atoms with Crippen LogP contribution in [-0.2, 0) is 23.8 Å². The summed E-state index contributed by atoms with van der Waals surface area (Å²) >= 11 is 1.67. The van der Waals surface area contributed by atoms with Gasteiger partial charge in [-0.15, -0.1) is 20.1 Å². The lowest BCUT2D eigenvalue weighted by Crippen LogP contribution is -2.56. The summed E-state index contributed by atoms with van der Waals surface area (Å²) in [6.07, 6.45) is -3.14. The van der Waals surface area contributed by atoms with Gasteiger partial charge in [-0.05, 0) is 20.8 Å². The number of carbonyl (C=O) groups is 5. The first-order valence-corrected chi connectivity index (χ1v) is 10.7. The Morgan fingerprint density at radius 3 is 1.93 bits per heavy atom. The quantitative estimate of drug-likeness (QED) is 0.447. The number of ether oxygens (including phenoxy) is 3. The van der Waals surface area contributed by atoms with Gasteiger partial charge in [0.2, 0.25) is 5.17 Å². The molecule has 0 aromatic rings. The number of hydrazone groups is 1. The van der Waals surface area contributed by atoms with Crippen LogP contribution in [0.25, 0.3) is 0 Å². The minimum atomic E-state index is -1.06. The Labute approximate surface area is 179 Å². The zero-order valence-electron chi connectivity index (χ0n) is 16.4. The number of aliphatic imine (C=N–C) groups is 1. The number of imide groups is 1. The van der Waals surface area contributed by atoms with E-state index in [0.717, 1.165) is 23.5 Å². The first-order chi connectivity index (χ1) is 14.3. The number of amides is 5. The molecule has 164 valence electrons. The highest BCUT2D eigenvalue weighted by molar-refractivity contribution is 8.15. The van der Waals surface area contributed by atoms with Crippen molar-refractivity contribution in [2.24, 2.45) is 10.1 Å². The van der Waals surface area contributed by atoms with Crippen molar-refractivity contribution < 1.29 is 38.2 Å². The van der Waals surface area contributed by atoms with E-state index in [9.17, 15) is 24.0 Å². The predicted octanol–water partition coefficient (Wildman–Crippen LogP) is 1.45. The molecule has 0 aromatic heterocycles. The summed E-state index contributed by atoms with van der Waals surface area (Å²) in [5.74, 6) is -1.52. The average Bonchev–Trinajstić information content (AvgIpc) is 3.12. The normalized spacial score (nSPS) is 15.9. The van der Waals surface area contributed by atoms with Crippen LogP contribution < -0.4 is 0 Å². The monoisotopic (exact) mass is 461 g/mol. The minimum absolute atomic E-state index is 0.00723. The zero-order valence-corrected chi connectivity index (χ0v) is 18.0. The third-order valence-corrected chi connectivity index (χ3v) is 4.99. The van der Waals surface area contributed by atoms with Crippen molar-refractivity contribution in [3.63, 3.8) is 0 Å². The lowest BCUT2D eigenvalue weighted by molar-refractivity contribution is -0.127. The van der Waals surface area contributed by atoms with Gasteiger partial charge in [-0.1, -0.05) is 23.5 Å². The molecular formula is C15H19N5O8S2. The largest absolute Gasteiger partial charge is 0.448 e. The first-order valence-electron chi connectivity index (χ1n) is 8.73. The van der Waals surface area contributed by atoms with Crippen molar-refractivity contribution in [1.82, 2.24) is 15.0 Å². The van der Waals surface area contributed by atoms with E-state index < -0.39 is 30.1 Å². The minimum Gasteiger partial charge on any atom is -0.448 e. The Morgan fingerprint density at radius 2 is 1.43 bits per heavy atom. The van der Waals surface area contributed by atoms with Crippen LogP contribution in [0.5, 0.6) is 0 Å². The maximum absolute atomic E-state index is 12.7. The number of thioether (sulfide) groups is 2. The summed E-state index contributed by atoms with van der Waals surface area (Å²) in [6.45, 7) is 4.54. The van der Waals surface area contributed by atoms with Gasteiger partial charge in [-0.25, -0.2) is 14.4 Å². The average molecular weight is 461 g/mol. The molecule has 0 bridgehead atoms. The number of hydrazine groups is 1. The lowest BCUT2D eigenvalue weighted by Gasteiger charge is -2.33. The number of amidine groups is 2. The van der Waals surface area contributed by atoms with Crippen molar-refractivity contribution in [3.8, 4) is 0 Å². The van der Waals surface area contributed by atoms with E-state index in [1.807, 2.05) is 0 Å². The second-order valence-corrected chi connectivity index (χ2v) is 7.06. The van der Waals surface area contributed by atoms with Crippen LogP contribution in [0.15, 0.2) is 10.1 Å². The first kappa shape index (κ1) is 23.5. The fourth-order valence-electron chi connectivity index (χ4n) is 2.05. The molecule has 0 saturated heterocycles. The third-order valence-electron chi connectivity index (χ3n) is 3.18. The van der Waals surface area contributed by atoms with Gasteiger partial charge in [0.1, 0.15) is 0 Å². The highest BCUT2D eigenvalue weighted by atomic mass is 32.2. The molecule has 13 nitrogen and oxygen atoms in total. The van der Waals surface area contributed by atoms with Crippen molar-refractivity contribution >= 4 is 64.0 Å². The SMILES string of the molecule is CCOC(=O)N1N=C(N(C(=O)OCC)N(C(=O)OCC)C2=NC(=O)CS2)SCC1=O. The van der Waals surface area contributed by atoms with Gasteiger partial charge < -0.3 is 14.2 Å². The molecule has 0 aliphatic carbocycles. The molecular weight excluding hydrogens is 442 g/mol. The summed E-state index contributed by atoms with van der Waals surface area (Å²) in [7, 11) is 0. The fraction of sp³-hybridized carbons (Fsp3) is 0.533. The van der Waals surface area contributed by atoms with E-state index in [4.69, 9.17) is 14.2 Å². The topological polar surface area (TPSA) is 147 Å². The van der Waals surface area contributed by atoms with Gasteiger partial charge in [0, 0.05) is 0 Å². The molecule has 2 heterocycles. The van der Waals surface area contributed by atoms with Gasteiger partial charge in [0.05, 0.1) is 31.3 Å². The van der Waals surface area contributed by atoms with E-state index in [1.54, 1.807) is 20.8 Å². The Bertz CT molecular complexity index is 802. The molecule has 2 aliphatic heterocycles. The second-order valence-electron chi connectivity index (χ2n) is 5.17. The molecule has 0 atom stereocenters. The molecule has 2 aliphatic rings. The van der Waals surface area contributed by atoms with Gasteiger partial charge >= 0.3 is 18.3 Å². The molecule has 0 spiro atoms. The van der Waals surface area contributed by atoms with E-state index in [2.05, 4.69) is 10.1 Å². The Hall–Kier alpha value is -2.81. The number of nitrogens with zero attached hydrogens (tertiary/aromatic N) is 5. The molecule has 0 radical (unpaired) electrons. The zero-order chi connectivity index (χ0) is 22.3. The smallest absolute Gasteiger partial charge is 0.437 e. The summed E-state index contributed by atoms with van der Waals surface area (Å²) in [4.78, 5) is 64.8. The van der Waals surface area contributed by atoms with Crippen molar-refractivity contribution in [2.75, 3.05) is 31.3 Å². The molecule has 0 N–H and O–H groups in total. The number of rotatable bonds is 3. The summed E-state index contributed by atoms with van der Waals surface area (Å²) in [6, 6.07) is 0. The maximum atomic E-state index is 12.7. The molecule has 2 rings (SSSR count). The lowest BCUT2D eigenvalue weighted by atomic mass is 10.6. The Kier molecular flexibility index (Phi) is 8.46. The van der Waals surface area contributed by atoms with Crippen LogP contribution in [0.4, 0.5) is 14.4 Å². The highest BCUT2D eigenvalue weighted by Crippen LogP contribution is 2.26. The van der Waals surface area contributed by atoms with Crippen LogP contribution in [-0.4, -0.2) is 86.8 Å². The van der Waals surface area contributed by atoms with Crippen molar-refractivity contribution in [3.05, 3.63) is 0 Å². The van der Waals surface area contributed by atoms with Crippen LogP contribution in [0, 0.1) is 0 Å². The predicted molar refractivity (Wildman–Crippen MR) is 106 cm³/mol. The molecule has 0 saturated carbocycles. The van der Waals surface area contributed by atoms with E-state index in [-0.39, 0.29) is 41.7 Å². The van der Waals surface area contributed by atoms with Gasteiger partial charge in [0.15, 0.2) is 5.17 Å². The highest BCUT2D eigenvalue weighted by Gasteiger charge is 2.42.